The van der Waals surface area contributed by atoms with Gasteiger partial charge in [-0.15, -0.1) is 0 Å². The van der Waals surface area contributed by atoms with Gasteiger partial charge in [0.25, 0.3) is 5.82 Å². The Morgan fingerprint density at radius 1 is 1.33 bits per heavy atom. The van der Waals surface area contributed by atoms with Crippen molar-refractivity contribution in [3.63, 3.8) is 0 Å². The molecule has 0 fully saturated rings. The Morgan fingerprint density at radius 3 is 2.72 bits per heavy atom. The number of aromatic nitrogens is 2. The van der Waals surface area contributed by atoms with Crippen LogP contribution in [-0.2, 0) is 13.5 Å². The monoisotopic (exact) mass is 241 g/mol. The van der Waals surface area contributed by atoms with Gasteiger partial charge in [0.1, 0.15) is 11.9 Å². The summed E-state index contributed by atoms with van der Waals surface area (Å²) in [7, 11) is 1.89. The Bertz CT molecular complexity index is 567. The zero-order valence-corrected chi connectivity index (χ0v) is 10.3. The van der Waals surface area contributed by atoms with Gasteiger partial charge in [0.05, 0.1) is 18.7 Å². The minimum Gasteiger partial charge on any atom is -0.710 e. The van der Waals surface area contributed by atoms with Crippen molar-refractivity contribution in [1.29, 1.82) is 5.26 Å². The van der Waals surface area contributed by atoms with Crippen LogP contribution in [0.5, 0.6) is 0 Å². The minimum absolute atomic E-state index is 0.519. The van der Waals surface area contributed by atoms with Gasteiger partial charge in [-0.05, 0) is 18.6 Å². The number of benzene rings is 1. The molecule has 4 heteroatoms. The van der Waals surface area contributed by atoms with E-state index in [4.69, 9.17) is 5.26 Å². The minimum atomic E-state index is 0.519. The van der Waals surface area contributed by atoms with Crippen LogP contribution in [0.2, 0.25) is 0 Å². The second-order valence-electron chi connectivity index (χ2n) is 4.21. The highest BCUT2D eigenvalue weighted by molar-refractivity contribution is 5.52. The van der Waals surface area contributed by atoms with Crippen molar-refractivity contribution in [2.45, 2.75) is 19.3 Å². The van der Waals surface area contributed by atoms with Crippen LogP contribution in [0, 0.1) is 16.5 Å². The molecule has 2 rings (SSSR count). The summed E-state index contributed by atoms with van der Waals surface area (Å²) in [6.45, 7) is 0. The van der Waals surface area contributed by atoms with Gasteiger partial charge in [-0.1, -0.05) is 18.2 Å². The highest BCUT2D eigenvalue weighted by Crippen LogP contribution is 2.17. The average molecular weight is 241 g/mol. The number of nitrogens with zero attached hydrogens (tertiary/aromatic N) is 3. The Balaban J connectivity index is 2.30. The van der Waals surface area contributed by atoms with Crippen LogP contribution >= 0.6 is 0 Å². The quantitative estimate of drug-likeness (QED) is 0.468. The van der Waals surface area contributed by atoms with Crippen LogP contribution < -0.4 is 4.73 Å². The molecule has 0 saturated carbocycles. The van der Waals surface area contributed by atoms with Crippen LogP contribution in [0.25, 0.3) is 11.4 Å². The topological polar surface area (TPSA) is 55.7 Å². The molecule has 0 unspecified atom stereocenters. The van der Waals surface area contributed by atoms with Crippen LogP contribution in [0.1, 0.15) is 18.5 Å². The van der Waals surface area contributed by atoms with Gasteiger partial charge in [-0.25, -0.2) is 9.30 Å². The summed E-state index contributed by atoms with van der Waals surface area (Å²) in [5.74, 6) is 0.641. The number of unbranched alkanes of at least 4 members (excludes halogenated alkanes) is 1. The zero-order valence-electron chi connectivity index (χ0n) is 10.3. The summed E-state index contributed by atoms with van der Waals surface area (Å²) in [6.07, 6.45) is 3.64. The zero-order chi connectivity index (χ0) is 13.0. The average Bonchev–Trinajstić information content (AvgIpc) is 2.66. The fourth-order valence-corrected chi connectivity index (χ4v) is 2.06. The molecule has 0 spiro atoms. The van der Waals surface area contributed by atoms with E-state index in [-0.39, 0.29) is 0 Å². The van der Waals surface area contributed by atoms with Crippen LogP contribution in [0.4, 0.5) is 0 Å². The van der Waals surface area contributed by atoms with Gasteiger partial charge in [0.15, 0.2) is 0 Å². The second kappa shape index (κ2) is 5.37. The van der Waals surface area contributed by atoms with Crippen LogP contribution in [-0.4, -0.2) is 4.57 Å². The first kappa shape index (κ1) is 12.2. The predicted molar refractivity (Wildman–Crippen MR) is 68.4 cm³/mol. The fourth-order valence-electron chi connectivity index (χ4n) is 2.06. The Hall–Kier alpha value is -2.28. The number of aryl methyl sites for hydroxylation is 1. The van der Waals surface area contributed by atoms with Gasteiger partial charge in [-0.2, -0.15) is 5.26 Å². The lowest BCUT2D eigenvalue weighted by Gasteiger charge is -2.03. The molecule has 0 saturated heterocycles. The first-order chi connectivity index (χ1) is 8.74. The molecule has 4 nitrogen and oxygen atoms in total. The molecule has 0 aliphatic carbocycles. The van der Waals surface area contributed by atoms with Gasteiger partial charge >= 0.3 is 0 Å². The molecule has 0 aliphatic heterocycles. The smallest absolute Gasteiger partial charge is 0.291 e. The summed E-state index contributed by atoms with van der Waals surface area (Å²) in [4.78, 5) is 0. The predicted octanol–water partition coefficient (Wildman–Crippen LogP) is 2.17. The Kier molecular flexibility index (Phi) is 3.63. The van der Waals surface area contributed by atoms with Crippen molar-refractivity contribution >= 4 is 0 Å². The summed E-state index contributed by atoms with van der Waals surface area (Å²) in [5.41, 5.74) is 1.86. The van der Waals surface area contributed by atoms with E-state index in [1.54, 1.807) is 6.20 Å². The van der Waals surface area contributed by atoms with Crippen molar-refractivity contribution < 1.29 is 4.73 Å². The highest BCUT2D eigenvalue weighted by Gasteiger charge is 2.17. The number of hydrogen-bond donors (Lipinski definition) is 0. The summed E-state index contributed by atoms with van der Waals surface area (Å²) in [5, 5.41) is 20.5. The number of nitriles is 1. The third kappa shape index (κ3) is 2.35. The summed E-state index contributed by atoms with van der Waals surface area (Å²) >= 11 is 0. The van der Waals surface area contributed by atoms with Gasteiger partial charge in [0, 0.05) is 12.8 Å². The van der Waals surface area contributed by atoms with Gasteiger partial charge in [0.2, 0.25) is 0 Å². The molecule has 1 aromatic heterocycles. The maximum absolute atomic E-state index is 11.9. The molecule has 0 amide bonds. The third-order valence-electron chi connectivity index (χ3n) is 2.98. The van der Waals surface area contributed by atoms with E-state index in [1.165, 1.54) is 0 Å². The normalized spacial score (nSPS) is 10.2. The molecule has 0 N–H and O–H groups in total. The van der Waals surface area contributed by atoms with Crippen molar-refractivity contribution in [2.75, 3.05) is 0 Å². The van der Waals surface area contributed by atoms with E-state index in [0.29, 0.717) is 12.2 Å². The van der Waals surface area contributed by atoms with Gasteiger partial charge < -0.3 is 5.21 Å². The van der Waals surface area contributed by atoms with E-state index >= 15 is 0 Å². The largest absolute Gasteiger partial charge is 0.710 e. The summed E-state index contributed by atoms with van der Waals surface area (Å²) in [6, 6.07) is 11.7. The molecule has 0 radical (unpaired) electrons. The first-order valence-electron chi connectivity index (χ1n) is 5.94. The van der Waals surface area contributed by atoms with Crippen LogP contribution in [0.15, 0.2) is 36.5 Å². The van der Waals surface area contributed by atoms with Crippen LogP contribution in [0.3, 0.4) is 0 Å². The van der Waals surface area contributed by atoms with Crippen molar-refractivity contribution in [3.8, 4) is 17.5 Å². The van der Waals surface area contributed by atoms with Gasteiger partial charge in [-0.3, -0.25) is 0 Å². The van der Waals surface area contributed by atoms with E-state index in [9.17, 15) is 5.21 Å². The lowest BCUT2D eigenvalue weighted by Crippen LogP contribution is -2.26. The number of rotatable bonds is 4. The lowest BCUT2D eigenvalue weighted by molar-refractivity contribution is -0.593. The van der Waals surface area contributed by atoms with Crippen molar-refractivity contribution in [2.24, 2.45) is 7.05 Å². The fraction of sp³-hybridized carbons (Fsp3) is 0.286. The molecule has 18 heavy (non-hydrogen) atoms. The molecule has 2 aromatic rings. The molecule has 1 aromatic carbocycles. The molecule has 0 bridgehead atoms. The van der Waals surface area contributed by atoms with Crippen molar-refractivity contribution in [1.82, 2.24) is 4.57 Å². The molecular formula is C14H15N3O. The second-order valence-corrected chi connectivity index (χ2v) is 4.21. The maximum Gasteiger partial charge on any atom is 0.291 e. The molecular weight excluding hydrogens is 226 g/mol. The Morgan fingerprint density at radius 2 is 2.06 bits per heavy atom. The lowest BCUT2D eigenvalue weighted by atomic mass is 10.2. The molecule has 1 heterocycles. The van der Waals surface area contributed by atoms with E-state index in [2.05, 4.69) is 6.07 Å². The molecule has 0 aliphatic rings. The first-order valence-corrected chi connectivity index (χ1v) is 5.94. The number of hydrogen-bond acceptors (Lipinski definition) is 2. The third-order valence-corrected chi connectivity index (χ3v) is 2.98. The Labute approximate surface area is 106 Å². The standard InChI is InChI=1S/C14H15N3O/c1-16-13(9-5-6-10-15)11-17(18)14(16)12-7-3-2-4-8-12/h2-4,7-8,11H,5-6,9H2,1H3. The van der Waals surface area contributed by atoms with E-state index < -0.39 is 0 Å². The molecule has 0 atom stereocenters. The highest BCUT2D eigenvalue weighted by atomic mass is 16.5. The van der Waals surface area contributed by atoms with E-state index in [0.717, 1.165) is 28.8 Å². The van der Waals surface area contributed by atoms with Crippen molar-refractivity contribution in [3.05, 3.63) is 47.4 Å². The summed E-state index contributed by atoms with van der Waals surface area (Å²) < 4.78 is 2.80. The molecule has 92 valence electrons. The maximum atomic E-state index is 11.9. The SMILES string of the molecule is Cn1c(CCCC#N)c[n+]([O-])c1-c1ccccc1. The van der Waals surface area contributed by atoms with E-state index in [1.807, 2.05) is 41.9 Å². The number of imidazole rings is 1.